The van der Waals surface area contributed by atoms with E-state index in [2.05, 4.69) is 5.32 Å². The van der Waals surface area contributed by atoms with Crippen molar-refractivity contribution < 1.29 is 9.72 Å². The summed E-state index contributed by atoms with van der Waals surface area (Å²) in [7, 11) is 0. The minimum Gasteiger partial charge on any atom is -0.321 e. The van der Waals surface area contributed by atoms with Crippen LogP contribution >= 0.6 is 0 Å². The summed E-state index contributed by atoms with van der Waals surface area (Å²) >= 11 is 0. The zero-order chi connectivity index (χ0) is 19.2. The van der Waals surface area contributed by atoms with E-state index in [1.807, 2.05) is 60.7 Å². The van der Waals surface area contributed by atoms with Gasteiger partial charge in [0.1, 0.15) is 0 Å². The lowest BCUT2D eigenvalue weighted by Crippen LogP contribution is -2.14. The molecule has 3 rings (SSSR count). The van der Waals surface area contributed by atoms with Crippen molar-refractivity contribution in [1.82, 2.24) is 0 Å². The van der Waals surface area contributed by atoms with Crippen molar-refractivity contribution in [1.29, 1.82) is 0 Å². The van der Waals surface area contributed by atoms with Crippen molar-refractivity contribution in [2.45, 2.75) is 6.92 Å². The number of amides is 1. The highest BCUT2D eigenvalue weighted by Gasteiger charge is 2.15. The number of carbonyl (C=O) groups is 1. The Kier molecular flexibility index (Phi) is 5.42. The molecular weight excluding hydrogens is 340 g/mol. The van der Waals surface area contributed by atoms with E-state index in [0.29, 0.717) is 11.3 Å². The van der Waals surface area contributed by atoms with Gasteiger partial charge in [-0.15, -0.1) is 0 Å². The minimum atomic E-state index is -0.479. The number of benzene rings is 3. The number of anilines is 1. The molecule has 27 heavy (non-hydrogen) atoms. The van der Waals surface area contributed by atoms with E-state index in [-0.39, 0.29) is 11.6 Å². The van der Waals surface area contributed by atoms with E-state index < -0.39 is 4.92 Å². The molecule has 0 saturated heterocycles. The summed E-state index contributed by atoms with van der Waals surface area (Å²) in [6.45, 7) is 1.79. The largest absolute Gasteiger partial charge is 0.321 e. The molecule has 3 aromatic carbocycles. The fraction of sp³-hybridized carbons (Fsp3) is 0.0455. The first-order chi connectivity index (χ1) is 13.0. The van der Waals surface area contributed by atoms with Crippen molar-refractivity contribution in [3.05, 3.63) is 106 Å². The molecule has 5 nitrogen and oxygen atoms in total. The summed E-state index contributed by atoms with van der Waals surface area (Å²) in [6, 6.07) is 23.3. The Labute approximate surface area is 157 Å². The average molecular weight is 358 g/mol. The number of hydrogen-bond donors (Lipinski definition) is 1. The Balaban J connectivity index is 1.99. The molecule has 0 saturated carbocycles. The van der Waals surface area contributed by atoms with Gasteiger partial charge in [0.25, 0.3) is 11.6 Å². The Morgan fingerprint density at radius 1 is 0.963 bits per heavy atom. The molecule has 0 heterocycles. The first kappa shape index (κ1) is 18.1. The molecule has 5 heteroatoms. The molecule has 0 spiro atoms. The number of hydrogen-bond acceptors (Lipinski definition) is 3. The Morgan fingerprint density at radius 2 is 1.59 bits per heavy atom. The molecule has 0 fully saturated rings. The van der Waals surface area contributed by atoms with Crippen LogP contribution in [0.2, 0.25) is 0 Å². The maximum Gasteiger partial charge on any atom is 0.271 e. The highest BCUT2D eigenvalue weighted by Crippen LogP contribution is 2.25. The lowest BCUT2D eigenvalue weighted by Gasteiger charge is -2.12. The van der Waals surface area contributed by atoms with Gasteiger partial charge >= 0.3 is 0 Å². The summed E-state index contributed by atoms with van der Waals surface area (Å²) < 4.78 is 0. The third-order valence-electron chi connectivity index (χ3n) is 4.12. The second-order valence-electron chi connectivity index (χ2n) is 6.05. The van der Waals surface area contributed by atoms with Gasteiger partial charge < -0.3 is 5.32 Å². The van der Waals surface area contributed by atoms with Gasteiger partial charge in [0.2, 0.25) is 0 Å². The molecule has 3 aromatic rings. The van der Waals surface area contributed by atoms with E-state index in [4.69, 9.17) is 0 Å². The number of aryl methyl sites for hydroxylation is 1. The van der Waals surface area contributed by atoms with E-state index >= 15 is 0 Å². The molecule has 0 aliphatic rings. The molecular formula is C22H18N2O3. The Hall–Kier alpha value is -3.73. The van der Waals surface area contributed by atoms with Gasteiger partial charge in [-0.2, -0.15) is 0 Å². The summed E-state index contributed by atoms with van der Waals surface area (Å²) in [5.41, 5.74) is 3.24. The highest BCUT2D eigenvalue weighted by atomic mass is 16.6. The molecule has 1 amide bonds. The van der Waals surface area contributed by atoms with Crippen LogP contribution < -0.4 is 5.32 Å². The van der Waals surface area contributed by atoms with Gasteiger partial charge in [-0.25, -0.2) is 0 Å². The fourth-order valence-corrected chi connectivity index (χ4v) is 2.66. The van der Waals surface area contributed by atoms with Crippen LogP contribution in [0.1, 0.15) is 16.7 Å². The lowest BCUT2D eigenvalue weighted by atomic mass is 10.0. The van der Waals surface area contributed by atoms with Crippen LogP contribution in [0.5, 0.6) is 0 Å². The standard InChI is InChI=1S/C22H18N2O3/c1-16-12-13-19(24(26)27)15-21(16)23-22(25)20(18-10-6-3-7-11-18)14-17-8-4-2-5-9-17/h2-15H,1H3,(H,23,25)/b20-14-. The number of nitro groups is 1. The van der Waals surface area contributed by atoms with Gasteiger partial charge in [0.15, 0.2) is 0 Å². The van der Waals surface area contributed by atoms with Crippen molar-refractivity contribution in [2.75, 3.05) is 5.32 Å². The zero-order valence-electron chi connectivity index (χ0n) is 14.8. The summed E-state index contributed by atoms with van der Waals surface area (Å²) in [5, 5.41) is 13.8. The van der Waals surface area contributed by atoms with Crippen molar-refractivity contribution in [3.63, 3.8) is 0 Å². The van der Waals surface area contributed by atoms with Crippen LogP contribution in [0.15, 0.2) is 78.9 Å². The van der Waals surface area contributed by atoms with Crippen LogP contribution in [-0.4, -0.2) is 10.8 Å². The molecule has 0 bridgehead atoms. The van der Waals surface area contributed by atoms with Gasteiger partial charge in [0.05, 0.1) is 10.6 Å². The molecule has 0 aliphatic heterocycles. The van der Waals surface area contributed by atoms with Crippen LogP contribution in [0.25, 0.3) is 11.6 Å². The lowest BCUT2D eigenvalue weighted by molar-refractivity contribution is -0.384. The second-order valence-corrected chi connectivity index (χ2v) is 6.05. The van der Waals surface area contributed by atoms with E-state index in [9.17, 15) is 14.9 Å². The summed E-state index contributed by atoms with van der Waals surface area (Å²) in [4.78, 5) is 23.6. The monoisotopic (exact) mass is 358 g/mol. The quantitative estimate of drug-likeness (QED) is 0.299. The molecule has 0 atom stereocenters. The second kappa shape index (κ2) is 8.10. The number of rotatable bonds is 5. The smallest absolute Gasteiger partial charge is 0.271 e. The first-order valence-corrected chi connectivity index (χ1v) is 8.43. The Bertz CT molecular complexity index is 997. The normalized spacial score (nSPS) is 11.1. The van der Waals surface area contributed by atoms with Crippen LogP contribution in [0, 0.1) is 17.0 Å². The topological polar surface area (TPSA) is 72.2 Å². The molecule has 1 N–H and O–H groups in total. The molecule has 0 aliphatic carbocycles. The van der Waals surface area contributed by atoms with Gasteiger partial charge in [0, 0.05) is 17.7 Å². The van der Waals surface area contributed by atoms with Crippen molar-refractivity contribution in [2.24, 2.45) is 0 Å². The fourth-order valence-electron chi connectivity index (χ4n) is 2.66. The molecule has 0 unspecified atom stereocenters. The minimum absolute atomic E-state index is 0.0656. The number of nitro benzene ring substituents is 1. The first-order valence-electron chi connectivity index (χ1n) is 8.43. The van der Waals surface area contributed by atoms with Gasteiger partial charge in [-0.05, 0) is 29.7 Å². The average Bonchev–Trinajstić information content (AvgIpc) is 2.69. The van der Waals surface area contributed by atoms with Crippen LogP contribution in [-0.2, 0) is 4.79 Å². The van der Waals surface area contributed by atoms with E-state index in [0.717, 1.165) is 16.7 Å². The molecule has 0 radical (unpaired) electrons. The Morgan fingerprint density at radius 3 is 2.22 bits per heavy atom. The van der Waals surface area contributed by atoms with E-state index in [1.54, 1.807) is 19.1 Å². The summed E-state index contributed by atoms with van der Waals surface area (Å²) in [6.07, 6.45) is 1.80. The van der Waals surface area contributed by atoms with Crippen molar-refractivity contribution >= 4 is 28.9 Å². The maximum atomic E-state index is 13.0. The molecule has 0 aromatic heterocycles. The summed E-state index contributed by atoms with van der Waals surface area (Å²) in [5.74, 6) is -0.325. The number of non-ortho nitro benzene ring substituents is 1. The highest BCUT2D eigenvalue weighted by molar-refractivity contribution is 6.29. The third-order valence-corrected chi connectivity index (χ3v) is 4.12. The van der Waals surface area contributed by atoms with Crippen LogP contribution in [0.4, 0.5) is 11.4 Å². The number of nitrogens with zero attached hydrogens (tertiary/aromatic N) is 1. The zero-order valence-corrected chi connectivity index (χ0v) is 14.8. The maximum absolute atomic E-state index is 13.0. The van der Waals surface area contributed by atoms with Gasteiger partial charge in [-0.3, -0.25) is 14.9 Å². The third kappa shape index (κ3) is 4.46. The van der Waals surface area contributed by atoms with Crippen LogP contribution in [0.3, 0.4) is 0 Å². The van der Waals surface area contributed by atoms with Gasteiger partial charge in [-0.1, -0.05) is 66.7 Å². The SMILES string of the molecule is Cc1ccc([N+](=O)[O-])cc1NC(=O)/C(=C\c1ccccc1)c1ccccc1. The van der Waals surface area contributed by atoms with Crippen molar-refractivity contribution in [3.8, 4) is 0 Å². The number of carbonyl (C=O) groups excluding carboxylic acids is 1. The predicted molar refractivity (Wildman–Crippen MR) is 107 cm³/mol. The molecule has 134 valence electrons. The predicted octanol–water partition coefficient (Wildman–Crippen LogP) is 5.08. The number of nitrogens with one attached hydrogen (secondary N) is 1. The van der Waals surface area contributed by atoms with E-state index in [1.165, 1.54) is 12.1 Å².